The van der Waals surface area contributed by atoms with Gasteiger partial charge in [-0.1, -0.05) is 0 Å². The van der Waals surface area contributed by atoms with Gasteiger partial charge in [0, 0.05) is 6.54 Å². The van der Waals surface area contributed by atoms with Crippen molar-refractivity contribution >= 4 is 11.8 Å². The van der Waals surface area contributed by atoms with E-state index in [0.717, 1.165) is 6.20 Å². The van der Waals surface area contributed by atoms with Crippen LogP contribution in [0.2, 0.25) is 0 Å². The van der Waals surface area contributed by atoms with Crippen molar-refractivity contribution in [1.82, 2.24) is 9.97 Å². The molecule has 0 amide bonds. The van der Waals surface area contributed by atoms with E-state index < -0.39 is 5.82 Å². The number of hydrogen-bond acceptors (Lipinski definition) is 6. The molecule has 1 aliphatic heterocycles. The Hall–Kier alpha value is -1.47. The van der Waals surface area contributed by atoms with Crippen LogP contribution < -0.4 is 11.1 Å². The van der Waals surface area contributed by atoms with Crippen molar-refractivity contribution in [2.24, 2.45) is 0 Å². The normalized spacial score (nSPS) is 20.7. The summed E-state index contributed by atoms with van der Waals surface area (Å²) in [4.78, 5) is 7.27. The topological polar surface area (TPSA) is 82.3 Å². The molecule has 1 atom stereocenters. The molecule has 0 saturated carbocycles. The number of halogens is 1. The van der Waals surface area contributed by atoms with E-state index in [9.17, 15) is 4.39 Å². The number of anilines is 2. The molecule has 0 spiro atoms. The van der Waals surface area contributed by atoms with Crippen LogP contribution in [0.1, 0.15) is 0 Å². The molecule has 0 radical (unpaired) electrons. The number of rotatable bonds is 3. The molecule has 0 aliphatic carbocycles. The summed E-state index contributed by atoms with van der Waals surface area (Å²) in [6, 6.07) is 0. The predicted octanol–water partition coefficient (Wildman–Crippen LogP) is 0.0252. The van der Waals surface area contributed by atoms with Gasteiger partial charge in [0.1, 0.15) is 0 Å². The smallest absolute Gasteiger partial charge is 0.222 e. The summed E-state index contributed by atoms with van der Waals surface area (Å²) in [7, 11) is 0. The zero-order valence-electron chi connectivity index (χ0n) is 8.65. The molecular weight excluding hydrogens is 215 g/mol. The molecule has 1 aromatic heterocycles. The lowest BCUT2D eigenvalue weighted by atomic mass is 10.3. The highest BCUT2D eigenvalue weighted by atomic mass is 19.1. The maximum atomic E-state index is 13.2. The van der Waals surface area contributed by atoms with Gasteiger partial charge in [-0.25, -0.2) is 9.37 Å². The standard InChI is InChI=1S/C9H13FN4O2/c10-7-4-13-9(11)14-8(7)12-3-6-5-15-1-2-16-6/h4,6H,1-3,5H2,(H3,11,12,13,14). The molecule has 1 aliphatic rings. The third-order valence-electron chi connectivity index (χ3n) is 2.14. The fraction of sp³-hybridized carbons (Fsp3) is 0.556. The van der Waals surface area contributed by atoms with Crippen LogP contribution in [0.15, 0.2) is 6.20 Å². The fourth-order valence-corrected chi connectivity index (χ4v) is 1.37. The van der Waals surface area contributed by atoms with Gasteiger partial charge >= 0.3 is 0 Å². The monoisotopic (exact) mass is 228 g/mol. The Balaban J connectivity index is 1.90. The summed E-state index contributed by atoms with van der Waals surface area (Å²) in [5, 5.41) is 2.81. The zero-order chi connectivity index (χ0) is 11.4. The number of ether oxygens (including phenoxy) is 2. The van der Waals surface area contributed by atoms with E-state index in [1.807, 2.05) is 0 Å². The van der Waals surface area contributed by atoms with E-state index in [1.165, 1.54) is 0 Å². The van der Waals surface area contributed by atoms with E-state index in [0.29, 0.717) is 26.4 Å². The second kappa shape index (κ2) is 5.04. The highest BCUT2D eigenvalue weighted by molar-refractivity contribution is 5.39. The van der Waals surface area contributed by atoms with Gasteiger partial charge in [-0.15, -0.1) is 0 Å². The Morgan fingerprint density at radius 2 is 2.44 bits per heavy atom. The minimum atomic E-state index is -0.536. The van der Waals surface area contributed by atoms with Crippen molar-refractivity contribution in [3.63, 3.8) is 0 Å². The summed E-state index contributed by atoms with van der Waals surface area (Å²) in [5.74, 6) is -0.419. The van der Waals surface area contributed by atoms with E-state index in [4.69, 9.17) is 15.2 Å². The lowest BCUT2D eigenvalue weighted by Gasteiger charge is -2.23. The molecule has 1 unspecified atom stereocenters. The molecule has 1 fully saturated rings. The summed E-state index contributed by atoms with van der Waals surface area (Å²) in [6.45, 7) is 2.08. The fourth-order valence-electron chi connectivity index (χ4n) is 1.37. The molecule has 1 saturated heterocycles. The van der Waals surface area contributed by atoms with Gasteiger partial charge in [0.05, 0.1) is 32.1 Å². The van der Waals surface area contributed by atoms with Crippen molar-refractivity contribution in [3.05, 3.63) is 12.0 Å². The third kappa shape index (κ3) is 2.77. The van der Waals surface area contributed by atoms with Crippen LogP contribution in [0.25, 0.3) is 0 Å². The molecule has 3 N–H and O–H groups in total. The van der Waals surface area contributed by atoms with Crippen LogP contribution in [0.5, 0.6) is 0 Å². The van der Waals surface area contributed by atoms with E-state index >= 15 is 0 Å². The number of nitrogens with one attached hydrogen (secondary N) is 1. The van der Waals surface area contributed by atoms with Crippen molar-refractivity contribution < 1.29 is 13.9 Å². The maximum Gasteiger partial charge on any atom is 0.222 e. The van der Waals surface area contributed by atoms with Crippen LogP contribution in [0.4, 0.5) is 16.2 Å². The molecule has 7 heteroatoms. The molecule has 0 bridgehead atoms. The number of nitrogens with two attached hydrogens (primary N) is 1. The molecule has 88 valence electrons. The first-order chi connectivity index (χ1) is 7.75. The first-order valence-corrected chi connectivity index (χ1v) is 4.97. The van der Waals surface area contributed by atoms with Crippen molar-refractivity contribution in [2.45, 2.75) is 6.10 Å². The third-order valence-corrected chi connectivity index (χ3v) is 2.14. The van der Waals surface area contributed by atoms with Gasteiger partial charge in [0.25, 0.3) is 0 Å². The van der Waals surface area contributed by atoms with Gasteiger partial charge in [0.15, 0.2) is 11.6 Å². The van der Waals surface area contributed by atoms with E-state index in [-0.39, 0.29) is 17.9 Å². The minimum absolute atomic E-state index is 0.0321. The molecule has 1 aromatic rings. The number of hydrogen-bond donors (Lipinski definition) is 2. The average molecular weight is 228 g/mol. The largest absolute Gasteiger partial charge is 0.376 e. The van der Waals surface area contributed by atoms with Crippen LogP contribution in [-0.2, 0) is 9.47 Å². The highest BCUT2D eigenvalue weighted by Crippen LogP contribution is 2.11. The summed E-state index contributed by atoms with van der Waals surface area (Å²) in [5.41, 5.74) is 5.35. The quantitative estimate of drug-likeness (QED) is 0.759. The Bertz CT molecular complexity index is 357. The van der Waals surface area contributed by atoms with Crippen molar-refractivity contribution in [2.75, 3.05) is 37.4 Å². The van der Waals surface area contributed by atoms with Crippen LogP contribution in [-0.4, -0.2) is 42.4 Å². The summed E-state index contributed by atoms with van der Waals surface area (Å²) in [6.07, 6.45) is 0.937. The Labute approximate surface area is 92.0 Å². The summed E-state index contributed by atoms with van der Waals surface area (Å²) >= 11 is 0. The van der Waals surface area contributed by atoms with Crippen LogP contribution >= 0.6 is 0 Å². The van der Waals surface area contributed by atoms with Gasteiger partial charge in [-0.3, -0.25) is 0 Å². The molecule has 0 aromatic carbocycles. The molecule has 6 nitrogen and oxygen atoms in total. The van der Waals surface area contributed by atoms with Gasteiger partial charge in [-0.05, 0) is 0 Å². The maximum absolute atomic E-state index is 13.2. The first-order valence-electron chi connectivity index (χ1n) is 4.97. The Kier molecular flexibility index (Phi) is 3.47. The Morgan fingerprint density at radius 3 is 3.19 bits per heavy atom. The number of nitrogens with zero attached hydrogens (tertiary/aromatic N) is 2. The van der Waals surface area contributed by atoms with E-state index in [2.05, 4.69) is 15.3 Å². The zero-order valence-corrected chi connectivity index (χ0v) is 8.65. The van der Waals surface area contributed by atoms with Crippen LogP contribution in [0.3, 0.4) is 0 Å². The molecule has 2 rings (SSSR count). The lowest BCUT2D eigenvalue weighted by Crippen LogP contribution is -2.34. The summed E-state index contributed by atoms with van der Waals surface area (Å²) < 4.78 is 23.8. The van der Waals surface area contributed by atoms with Gasteiger partial charge in [0.2, 0.25) is 5.95 Å². The van der Waals surface area contributed by atoms with Gasteiger partial charge < -0.3 is 20.5 Å². The van der Waals surface area contributed by atoms with E-state index in [1.54, 1.807) is 0 Å². The van der Waals surface area contributed by atoms with Crippen molar-refractivity contribution in [3.8, 4) is 0 Å². The predicted molar refractivity (Wildman–Crippen MR) is 55.5 cm³/mol. The lowest BCUT2D eigenvalue weighted by molar-refractivity contribution is -0.0819. The van der Waals surface area contributed by atoms with Crippen LogP contribution in [0, 0.1) is 5.82 Å². The Morgan fingerprint density at radius 1 is 1.56 bits per heavy atom. The first kappa shape index (κ1) is 11.0. The SMILES string of the molecule is Nc1ncc(F)c(NCC2COCCO2)n1. The molecule has 2 heterocycles. The number of aromatic nitrogens is 2. The minimum Gasteiger partial charge on any atom is -0.376 e. The highest BCUT2D eigenvalue weighted by Gasteiger charge is 2.15. The second-order valence-electron chi connectivity index (χ2n) is 3.37. The van der Waals surface area contributed by atoms with Crippen molar-refractivity contribution in [1.29, 1.82) is 0 Å². The molecular formula is C9H13FN4O2. The molecule has 16 heavy (non-hydrogen) atoms. The average Bonchev–Trinajstić information content (AvgIpc) is 2.32. The number of nitrogen functional groups attached to an aromatic ring is 1. The second-order valence-corrected chi connectivity index (χ2v) is 3.37. The van der Waals surface area contributed by atoms with Gasteiger partial charge in [-0.2, -0.15) is 4.98 Å².